The summed E-state index contributed by atoms with van der Waals surface area (Å²) in [6.45, 7) is 4.17. The molecule has 2 aromatic rings. The number of aromatic nitrogens is 3. The Bertz CT molecular complexity index is 709. The van der Waals surface area contributed by atoms with Gasteiger partial charge < -0.3 is 18.9 Å². The zero-order valence-electron chi connectivity index (χ0n) is 15.5. The van der Waals surface area contributed by atoms with E-state index in [-0.39, 0.29) is 12.6 Å². The van der Waals surface area contributed by atoms with Crippen LogP contribution in [0.15, 0.2) is 36.5 Å². The summed E-state index contributed by atoms with van der Waals surface area (Å²) in [6.07, 6.45) is 2.54. The maximum Gasteiger partial charge on any atom is 0.315 e. The summed E-state index contributed by atoms with van der Waals surface area (Å²) in [5, 5.41) is 8.02. The molecular formula is C19H25N3O5. The number of esters is 1. The van der Waals surface area contributed by atoms with Crippen LogP contribution in [0.1, 0.15) is 19.8 Å². The van der Waals surface area contributed by atoms with Gasteiger partial charge in [0, 0.05) is 13.2 Å². The normalized spacial score (nSPS) is 17.4. The molecule has 0 spiro atoms. The predicted molar refractivity (Wildman–Crippen MR) is 96.8 cm³/mol. The van der Waals surface area contributed by atoms with Crippen LogP contribution in [0.4, 0.5) is 0 Å². The van der Waals surface area contributed by atoms with E-state index in [9.17, 15) is 4.79 Å². The summed E-state index contributed by atoms with van der Waals surface area (Å²) in [4.78, 5) is 12.8. The highest BCUT2D eigenvalue weighted by atomic mass is 16.5. The van der Waals surface area contributed by atoms with Crippen LogP contribution in [0.5, 0.6) is 5.88 Å². The van der Waals surface area contributed by atoms with Crippen LogP contribution in [0.2, 0.25) is 0 Å². The smallest absolute Gasteiger partial charge is 0.315 e. The largest absolute Gasteiger partial charge is 0.475 e. The molecule has 8 heteroatoms. The molecule has 1 fully saturated rings. The molecule has 0 saturated carbocycles. The molecule has 146 valence electrons. The van der Waals surface area contributed by atoms with Crippen molar-refractivity contribution in [3.05, 3.63) is 36.5 Å². The number of benzene rings is 1. The highest BCUT2D eigenvalue weighted by Crippen LogP contribution is 2.31. The molecule has 0 amide bonds. The fourth-order valence-electron chi connectivity index (χ4n) is 2.96. The van der Waals surface area contributed by atoms with Crippen LogP contribution in [0, 0.1) is 5.41 Å². The Morgan fingerprint density at radius 2 is 1.85 bits per heavy atom. The number of rotatable bonds is 6. The second-order valence-electron chi connectivity index (χ2n) is 6.33. The van der Waals surface area contributed by atoms with Gasteiger partial charge >= 0.3 is 5.97 Å². The van der Waals surface area contributed by atoms with Gasteiger partial charge in [0.15, 0.2) is 0 Å². The Kier molecular flexibility index (Phi) is 6.78. The zero-order chi connectivity index (χ0) is 19.0. The Hall–Kier alpha value is -2.45. The van der Waals surface area contributed by atoms with E-state index in [0.717, 1.165) is 5.69 Å². The fraction of sp³-hybridized carbons (Fsp3) is 0.526. The molecule has 2 heterocycles. The second kappa shape index (κ2) is 9.48. The SMILES string of the molecule is CCOC(=O)C1(COc2cnnn2-c2ccccc2)CCOCCOCC1. The van der Waals surface area contributed by atoms with Crippen molar-refractivity contribution < 1.29 is 23.7 Å². The zero-order valence-corrected chi connectivity index (χ0v) is 15.5. The molecule has 1 aromatic heterocycles. The summed E-state index contributed by atoms with van der Waals surface area (Å²) >= 11 is 0. The third-order valence-electron chi connectivity index (χ3n) is 4.55. The summed E-state index contributed by atoms with van der Waals surface area (Å²) < 4.78 is 24.0. The Balaban J connectivity index is 1.78. The monoisotopic (exact) mass is 375 g/mol. The second-order valence-corrected chi connectivity index (χ2v) is 6.33. The number of carbonyl (C=O) groups excluding carboxylic acids is 1. The van der Waals surface area contributed by atoms with Crippen LogP contribution in [0.25, 0.3) is 5.69 Å². The third kappa shape index (κ3) is 4.84. The molecule has 0 aliphatic carbocycles. The van der Waals surface area contributed by atoms with Crippen molar-refractivity contribution in [2.75, 3.05) is 39.6 Å². The maximum atomic E-state index is 12.8. The molecule has 0 radical (unpaired) electrons. The Morgan fingerprint density at radius 1 is 1.15 bits per heavy atom. The minimum Gasteiger partial charge on any atom is -0.475 e. The molecule has 8 nitrogen and oxygen atoms in total. The number of ether oxygens (including phenoxy) is 4. The first kappa shape index (κ1) is 19.3. The van der Waals surface area contributed by atoms with E-state index < -0.39 is 5.41 Å². The lowest BCUT2D eigenvalue weighted by Crippen LogP contribution is -2.41. The first-order valence-electron chi connectivity index (χ1n) is 9.17. The first-order valence-corrected chi connectivity index (χ1v) is 9.17. The van der Waals surface area contributed by atoms with E-state index in [0.29, 0.717) is 51.8 Å². The quantitative estimate of drug-likeness (QED) is 0.714. The average Bonchev–Trinajstić information content (AvgIpc) is 3.20. The summed E-state index contributed by atoms with van der Waals surface area (Å²) in [5.74, 6) is 0.171. The Labute approximate surface area is 158 Å². The lowest BCUT2D eigenvalue weighted by atomic mass is 9.82. The van der Waals surface area contributed by atoms with Crippen molar-refractivity contribution in [1.29, 1.82) is 0 Å². The van der Waals surface area contributed by atoms with Gasteiger partial charge in [-0.15, -0.1) is 5.10 Å². The molecule has 3 rings (SSSR count). The van der Waals surface area contributed by atoms with E-state index in [4.69, 9.17) is 18.9 Å². The van der Waals surface area contributed by atoms with E-state index in [2.05, 4.69) is 10.3 Å². The van der Waals surface area contributed by atoms with E-state index >= 15 is 0 Å². The number of carbonyl (C=O) groups is 1. The summed E-state index contributed by atoms with van der Waals surface area (Å²) in [6, 6.07) is 9.56. The molecule has 1 aromatic carbocycles. The molecule has 0 N–H and O–H groups in total. The summed E-state index contributed by atoms with van der Waals surface area (Å²) in [7, 11) is 0. The molecule has 0 atom stereocenters. The van der Waals surface area contributed by atoms with Crippen molar-refractivity contribution in [3.8, 4) is 11.6 Å². The van der Waals surface area contributed by atoms with Gasteiger partial charge in [0.2, 0.25) is 5.88 Å². The van der Waals surface area contributed by atoms with Crippen molar-refractivity contribution in [2.45, 2.75) is 19.8 Å². The van der Waals surface area contributed by atoms with Crippen LogP contribution < -0.4 is 4.74 Å². The van der Waals surface area contributed by atoms with Crippen molar-refractivity contribution >= 4 is 5.97 Å². The van der Waals surface area contributed by atoms with Crippen molar-refractivity contribution in [1.82, 2.24) is 15.0 Å². The van der Waals surface area contributed by atoms with Crippen LogP contribution in [0.3, 0.4) is 0 Å². The fourth-order valence-corrected chi connectivity index (χ4v) is 2.96. The van der Waals surface area contributed by atoms with E-state index in [1.165, 1.54) is 6.20 Å². The maximum absolute atomic E-state index is 12.8. The average molecular weight is 375 g/mol. The highest BCUT2D eigenvalue weighted by molar-refractivity contribution is 5.77. The molecule has 1 aliphatic rings. The highest BCUT2D eigenvalue weighted by Gasteiger charge is 2.41. The molecule has 27 heavy (non-hydrogen) atoms. The minimum absolute atomic E-state index is 0.138. The van der Waals surface area contributed by atoms with E-state index in [1.807, 2.05) is 30.3 Å². The third-order valence-corrected chi connectivity index (χ3v) is 4.55. The summed E-state index contributed by atoms with van der Waals surface area (Å²) in [5.41, 5.74) is -0.0112. The topological polar surface area (TPSA) is 84.7 Å². The van der Waals surface area contributed by atoms with Crippen molar-refractivity contribution in [3.63, 3.8) is 0 Å². The van der Waals surface area contributed by atoms with Gasteiger partial charge in [0.1, 0.15) is 18.2 Å². The number of hydrogen-bond donors (Lipinski definition) is 0. The van der Waals surface area contributed by atoms with Crippen LogP contribution in [-0.2, 0) is 19.0 Å². The molecular weight excluding hydrogens is 350 g/mol. The van der Waals surface area contributed by atoms with E-state index in [1.54, 1.807) is 11.6 Å². The van der Waals surface area contributed by atoms with Gasteiger partial charge in [-0.2, -0.15) is 4.68 Å². The minimum atomic E-state index is -0.841. The van der Waals surface area contributed by atoms with Gasteiger partial charge in [0.05, 0.1) is 25.5 Å². The molecule has 0 unspecified atom stereocenters. The lowest BCUT2D eigenvalue weighted by Gasteiger charge is -2.30. The van der Waals surface area contributed by atoms with Gasteiger partial charge in [-0.05, 0) is 31.9 Å². The van der Waals surface area contributed by atoms with Gasteiger partial charge in [-0.25, -0.2) is 0 Å². The van der Waals surface area contributed by atoms with Gasteiger partial charge in [-0.1, -0.05) is 23.4 Å². The standard InChI is InChI=1S/C19H25N3O5/c1-2-26-18(23)19(8-10-24-12-13-25-11-9-19)15-27-17-14-20-21-22(17)16-6-4-3-5-7-16/h3-7,14H,2,8-13,15H2,1H3. The number of para-hydroxylation sites is 1. The Morgan fingerprint density at radius 3 is 2.52 bits per heavy atom. The van der Waals surface area contributed by atoms with Gasteiger partial charge in [0.25, 0.3) is 0 Å². The van der Waals surface area contributed by atoms with Crippen LogP contribution >= 0.6 is 0 Å². The number of nitrogens with zero attached hydrogens (tertiary/aromatic N) is 3. The number of hydrogen-bond acceptors (Lipinski definition) is 7. The van der Waals surface area contributed by atoms with Crippen molar-refractivity contribution in [2.24, 2.45) is 5.41 Å². The molecule has 1 saturated heterocycles. The van der Waals surface area contributed by atoms with Gasteiger partial charge in [-0.3, -0.25) is 4.79 Å². The van der Waals surface area contributed by atoms with Crippen LogP contribution in [-0.4, -0.2) is 60.6 Å². The lowest BCUT2D eigenvalue weighted by molar-refractivity contribution is -0.160. The molecule has 1 aliphatic heterocycles. The predicted octanol–water partition coefficient (Wildman–Crippen LogP) is 2.02. The molecule has 0 bridgehead atoms. The first-order chi connectivity index (χ1) is 13.2.